The summed E-state index contributed by atoms with van der Waals surface area (Å²) < 4.78 is 44.2. The van der Waals surface area contributed by atoms with Crippen LogP contribution in [0.2, 0.25) is 0 Å². The van der Waals surface area contributed by atoms with Crippen molar-refractivity contribution < 1.29 is 22.7 Å². The van der Waals surface area contributed by atoms with Gasteiger partial charge in [0.25, 0.3) is 0 Å². The number of hydrogen-bond acceptors (Lipinski definition) is 2. The molecule has 4 nitrogen and oxygen atoms in total. The number of fused-ring (bicyclic) bond motifs is 1. The molecule has 1 heterocycles. The van der Waals surface area contributed by atoms with Crippen LogP contribution in [0.5, 0.6) is 5.75 Å². The summed E-state index contributed by atoms with van der Waals surface area (Å²) in [5.41, 5.74) is 1.86. The van der Waals surface area contributed by atoms with E-state index in [1.807, 2.05) is 18.2 Å². The number of nitrogens with one attached hydrogen (secondary N) is 2. The Labute approximate surface area is 178 Å². The van der Waals surface area contributed by atoms with Crippen molar-refractivity contribution in [2.24, 2.45) is 0 Å². The van der Waals surface area contributed by atoms with Gasteiger partial charge in [0, 0.05) is 23.5 Å². The lowest BCUT2D eigenvalue weighted by atomic mass is 9.77. The Kier molecular flexibility index (Phi) is 5.76. The topological polar surface area (TPSA) is 54.1 Å². The Morgan fingerprint density at radius 2 is 1.94 bits per heavy atom. The zero-order chi connectivity index (χ0) is 22.0. The van der Waals surface area contributed by atoms with Crippen LogP contribution in [0.15, 0.2) is 61.3 Å². The van der Waals surface area contributed by atoms with E-state index in [0.717, 1.165) is 41.4 Å². The van der Waals surface area contributed by atoms with Crippen LogP contribution in [-0.2, 0) is 11.0 Å². The number of halogens is 3. The number of anilines is 1. The van der Waals surface area contributed by atoms with Gasteiger partial charge in [0.1, 0.15) is 5.75 Å². The van der Waals surface area contributed by atoms with E-state index in [9.17, 15) is 18.0 Å². The molecule has 2 N–H and O–H groups in total. The molecule has 31 heavy (non-hydrogen) atoms. The van der Waals surface area contributed by atoms with Crippen molar-refractivity contribution in [1.29, 1.82) is 0 Å². The monoisotopic (exact) mass is 428 g/mol. The second kappa shape index (κ2) is 8.49. The van der Waals surface area contributed by atoms with E-state index in [2.05, 4.69) is 16.9 Å². The first-order valence-electron chi connectivity index (χ1n) is 10.2. The van der Waals surface area contributed by atoms with E-state index < -0.39 is 11.7 Å². The van der Waals surface area contributed by atoms with Gasteiger partial charge >= 0.3 is 6.18 Å². The number of allylic oxidation sites excluding steroid dienone is 1. The fraction of sp³-hybridized carbons (Fsp3) is 0.292. The molecule has 1 aliphatic rings. The van der Waals surface area contributed by atoms with Crippen LogP contribution in [0, 0.1) is 0 Å². The van der Waals surface area contributed by atoms with Gasteiger partial charge in [-0.25, -0.2) is 0 Å². The van der Waals surface area contributed by atoms with Crippen molar-refractivity contribution in [1.82, 2.24) is 4.98 Å². The van der Waals surface area contributed by atoms with Crippen molar-refractivity contribution in [3.8, 4) is 5.75 Å². The second-order valence-corrected chi connectivity index (χ2v) is 7.81. The number of carbonyl (C=O) groups excluding carboxylic acids is 1. The highest BCUT2D eigenvalue weighted by atomic mass is 19.4. The number of hydrogen-bond donors (Lipinski definition) is 2. The maximum atomic E-state index is 12.7. The zero-order valence-electron chi connectivity index (χ0n) is 16.8. The molecule has 162 valence electrons. The Hall–Kier alpha value is -3.22. The number of aromatic amines is 1. The second-order valence-electron chi connectivity index (χ2n) is 7.81. The normalized spacial score (nSPS) is 18.4. The van der Waals surface area contributed by atoms with Gasteiger partial charge < -0.3 is 15.0 Å². The summed E-state index contributed by atoms with van der Waals surface area (Å²) in [6, 6.07) is 11.0. The minimum Gasteiger partial charge on any atom is -0.490 e. The number of ether oxygens (including phenoxy) is 1. The van der Waals surface area contributed by atoms with E-state index in [-0.39, 0.29) is 17.9 Å². The number of rotatable bonds is 7. The van der Waals surface area contributed by atoms with Crippen molar-refractivity contribution in [2.75, 3.05) is 5.32 Å². The predicted octanol–water partition coefficient (Wildman–Crippen LogP) is 6.42. The molecule has 0 spiro atoms. The van der Waals surface area contributed by atoms with Crippen LogP contribution in [0.25, 0.3) is 10.9 Å². The maximum absolute atomic E-state index is 12.7. The minimum atomic E-state index is -4.31. The van der Waals surface area contributed by atoms with Gasteiger partial charge in [0.15, 0.2) is 0 Å². The lowest BCUT2D eigenvalue weighted by Crippen LogP contribution is -2.32. The summed E-state index contributed by atoms with van der Waals surface area (Å²) in [4.78, 5) is 15.1. The van der Waals surface area contributed by atoms with Crippen molar-refractivity contribution in [3.63, 3.8) is 0 Å². The first-order chi connectivity index (χ1) is 14.8. The molecular weight excluding hydrogens is 405 g/mol. The summed E-state index contributed by atoms with van der Waals surface area (Å²) in [6.07, 6.45) is 1.65. The Morgan fingerprint density at radius 1 is 1.19 bits per heavy atom. The SMILES string of the molecule is C=CCCC(=O)Nc1c[nH]c2ccc(O[C@H]3C[C@H](c4ccc(C(F)(F)F)cc4)C3)cc12. The zero-order valence-corrected chi connectivity index (χ0v) is 16.8. The van der Waals surface area contributed by atoms with Crippen LogP contribution in [0.1, 0.15) is 42.7 Å². The van der Waals surface area contributed by atoms with Crippen LogP contribution in [0.4, 0.5) is 18.9 Å². The summed E-state index contributed by atoms with van der Waals surface area (Å²) in [5.74, 6) is 0.818. The van der Waals surface area contributed by atoms with Crippen molar-refractivity contribution >= 4 is 22.5 Å². The van der Waals surface area contributed by atoms with Crippen LogP contribution in [0.3, 0.4) is 0 Å². The highest BCUT2D eigenvalue weighted by Crippen LogP contribution is 2.41. The van der Waals surface area contributed by atoms with E-state index in [4.69, 9.17) is 4.74 Å². The van der Waals surface area contributed by atoms with Crippen molar-refractivity contribution in [3.05, 3.63) is 72.4 Å². The third-order valence-electron chi connectivity index (χ3n) is 5.61. The molecule has 0 atom stereocenters. The molecule has 0 bridgehead atoms. The smallest absolute Gasteiger partial charge is 0.416 e. The molecule has 0 radical (unpaired) electrons. The van der Waals surface area contributed by atoms with Crippen LogP contribution in [-0.4, -0.2) is 17.0 Å². The van der Waals surface area contributed by atoms with E-state index >= 15 is 0 Å². The molecule has 0 saturated heterocycles. The average molecular weight is 428 g/mol. The first kappa shape index (κ1) is 21.0. The molecule has 4 rings (SSSR count). The number of H-pyrrole nitrogens is 1. The Morgan fingerprint density at radius 3 is 2.61 bits per heavy atom. The highest BCUT2D eigenvalue weighted by Gasteiger charge is 2.34. The predicted molar refractivity (Wildman–Crippen MR) is 114 cm³/mol. The van der Waals surface area contributed by atoms with Gasteiger partial charge in [0.05, 0.1) is 17.4 Å². The van der Waals surface area contributed by atoms with Gasteiger partial charge in [-0.3, -0.25) is 4.79 Å². The maximum Gasteiger partial charge on any atom is 0.416 e. The lowest BCUT2D eigenvalue weighted by molar-refractivity contribution is -0.137. The minimum absolute atomic E-state index is 0.00863. The van der Waals surface area contributed by atoms with Crippen molar-refractivity contribution in [2.45, 2.75) is 43.9 Å². The third kappa shape index (κ3) is 4.76. The Bertz CT molecular complexity index is 1080. The van der Waals surface area contributed by atoms with Gasteiger partial charge in [-0.15, -0.1) is 6.58 Å². The number of carbonyl (C=O) groups is 1. The third-order valence-corrected chi connectivity index (χ3v) is 5.61. The van der Waals surface area contributed by atoms with E-state index in [0.29, 0.717) is 24.3 Å². The van der Waals surface area contributed by atoms with Gasteiger partial charge in [0.2, 0.25) is 5.91 Å². The molecule has 1 aliphatic carbocycles. The Balaban J connectivity index is 1.37. The highest BCUT2D eigenvalue weighted by molar-refractivity contribution is 6.02. The average Bonchev–Trinajstić information content (AvgIpc) is 3.10. The molecule has 7 heteroatoms. The number of alkyl halides is 3. The van der Waals surface area contributed by atoms with Gasteiger partial charge in [-0.1, -0.05) is 18.2 Å². The summed E-state index contributed by atoms with van der Waals surface area (Å²) in [6.45, 7) is 3.62. The van der Waals surface area contributed by atoms with Crippen LogP contribution >= 0.6 is 0 Å². The molecular formula is C24H23F3N2O2. The number of amides is 1. The molecule has 2 aromatic carbocycles. The first-order valence-corrected chi connectivity index (χ1v) is 10.2. The molecule has 1 fully saturated rings. The van der Waals surface area contributed by atoms with E-state index in [1.165, 1.54) is 0 Å². The summed E-state index contributed by atoms with van der Waals surface area (Å²) in [7, 11) is 0. The molecule has 0 unspecified atom stereocenters. The molecule has 1 aromatic heterocycles. The fourth-order valence-electron chi connectivity index (χ4n) is 3.79. The number of aromatic nitrogens is 1. The van der Waals surface area contributed by atoms with Crippen LogP contribution < -0.4 is 10.1 Å². The summed E-state index contributed by atoms with van der Waals surface area (Å²) in [5, 5.41) is 3.76. The van der Waals surface area contributed by atoms with E-state index in [1.54, 1.807) is 24.4 Å². The summed E-state index contributed by atoms with van der Waals surface area (Å²) >= 11 is 0. The number of benzene rings is 2. The molecule has 3 aromatic rings. The van der Waals surface area contributed by atoms with Gasteiger partial charge in [-0.2, -0.15) is 13.2 Å². The molecule has 1 saturated carbocycles. The quantitative estimate of drug-likeness (QED) is 0.427. The fourth-order valence-corrected chi connectivity index (χ4v) is 3.79. The molecule has 0 aliphatic heterocycles. The molecule has 1 amide bonds. The lowest BCUT2D eigenvalue weighted by Gasteiger charge is -2.35. The standard InChI is InChI=1S/C24H23F3N2O2/c1-2-3-4-23(30)29-22-14-28-21-10-9-18(13-20(21)22)31-19-11-16(12-19)15-5-7-17(8-6-15)24(25,26)27/h2,5-10,13-14,16,19,28H,1,3-4,11-12H2,(H,29,30)/t16-,19-. The van der Waals surface area contributed by atoms with Gasteiger partial charge in [-0.05, 0) is 61.1 Å². The largest absolute Gasteiger partial charge is 0.490 e.